The summed E-state index contributed by atoms with van der Waals surface area (Å²) in [6.45, 7) is 6.65. The van der Waals surface area contributed by atoms with E-state index in [4.69, 9.17) is 0 Å². The molecule has 1 fully saturated rings. The van der Waals surface area contributed by atoms with Gasteiger partial charge in [-0.2, -0.15) is 0 Å². The van der Waals surface area contributed by atoms with Gasteiger partial charge in [-0.15, -0.1) is 0 Å². The van der Waals surface area contributed by atoms with Gasteiger partial charge >= 0.3 is 6.03 Å². The summed E-state index contributed by atoms with van der Waals surface area (Å²) in [5.41, 5.74) is 1.24. The Morgan fingerprint density at radius 2 is 2.13 bits per heavy atom. The lowest BCUT2D eigenvalue weighted by Crippen LogP contribution is -2.39. The predicted molar refractivity (Wildman–Crippen MR) is 93.0 cm³/mol. The molecule has 1 heterocycles. The second kappa shape index (κ2) is 8.67. The number of anilines is 1. The average molecular weight is 317 g/mol. The Morgan fingerprint density at radius 1 is 1.30 bits per heavy atom. The molecular weight excluding hydrogens is 290 g/mol. The Hall–Kier alpha value is -1.88. The van der Waals surface area contributed by atoms with Gasteiger partial charge in [0.1, 0.15) is 0 Å². The first-order valence-corrected chi connectivity index (χ1v) is 8.46. The van der Waals surface area contributed by atoms with Crippen molar-refractivity contribution in [1.29, 1.82) is 0 Å². The normalized spacial score (nSPS) is 18.4. The minimum absolute atomic E-state index is 0.00953. The number of carbonyl (C=O) groups excluding carboxylic acids is 2. The van der Waals surface area contributed by atoms with Gasteiger partial charge in [0.25, 0.3) is 0 Å². The number of hydrogen-bond acceptors (Lipinski definition) is 3. The van der Waals surface area contributed by atoms with Crippen molar-refractivity contribution in [2.24, 2.45) is 0 Å². The molecule has 0 aliphatic carbocycles. The lowest BCUT2D eigenvalue weighted by atomic mass is 10.0. The van der Waals surface area contributed by atoms with Gasteiger partial charge in [-0.3, -0.25) is 4.79 Å². The molecule has 2 rings (SSSR count). The van der Waals surface area contributed by atoms with Crippen LogP contribution in [0.15, 0.2) is 24.3 Å². The first-order valence-electron chi connectivity index (χ1n) is 8.46. The van der Waals surface area contributed by atoms with Gasteiger partial charge in [0.2, 0.25) is 0 Å². The molecule has 2 amide bonds. The van der Waals surface area contributed by atoms with Crippen molar-refractivity contribution in [3.8, 4) is 0 Å². The van der Waals surface area contributed by atoms with Gasteiger partial charge in [0.05, 0.1) is 0 Å². The summed E-state index contributed by atoms with van der Waals surface area (Å²) in [6, 6.07) is 7.41. The average Bonchev–Trinajstić information content (AvgIpc) is 2.53. The number of hydrogen-bond donors (Lipinski definition) is 2. The molecule has 1 aliphatic heterocycles. The second-order valence-electron chi connectivity index (χ2n) is 6.25. The van der Waals surface area contributed by atoms with Crippen LogP contribution in [0.5, 0.6) is 0 Å². The maximum atomic E-state index is 11.9. The summed E-state index contributed by atoms with van der Waals surface area (Å²) >= 11 is 0. The van der Waals surface area contributed by atoms with E-state index in [9.17, 15) is 9.59 Å². The van der Waals surface area contributed by atoms with Crippen molar-refractivity contribution in [2.45, 2.75) is 45.6 Å². The number of amides is 2. The van der Waals surface area contributed by atoms with Crippen LogP contribution in [0.1, 0.15) is 49.9 Å². The zero-order chi connectivity index (χ0) is 16.7. The summed E-state index contributed by atoms with van der Waals surface area (Å²) in [6.07, 6.45) is 4.84. The fraction of sp³-hybridized carbons (Fsp3) is 0.556. The molecule has 126 valence electrons. The number of nitrogens with zero attached hydrogens (tertiary/aromatic N) is 1. The molecule has 0 bridgehead atoms. The van der Waals surface area contributed by atoms with Crippen molar-refractivity contribution in [2.75, 3.05) is 25.0 Å². The third kappa shape index (κ3) is 5.67. The third-order valence-electron chi connectivity index (χ3n) is 4.38. The topological polar surface area (TPSA) is 61.4 Å². The highest BCUT2D eigenvalue weighted by atomic mass is 16.2. The van der Waals surface area contributed by atoms with Crippen molar-refractivity contribution >= 4 is 17.5 Å². The molecule has 1 aliphatic rings. The third-order valence-corrected chi connectivity index (χ3v) is 4.38. The van der Waals surface area contributed by atoms with E-state index in [1.54, 1.807) is 24.3 Å². The van der Waals surface area contributed by atoms with Crippen LogP contribution in [0.25, 0.3) is 0 Å². The van der Waals surface area contributed by atoms with Crippen LogP contribution >= 0.6 is 0 Å². The highest BCUT2D eigenvalue weighted by Crippen LogP contribution is 2.16. The van der Waals surface area contributed by atoms with E-state index in [0.29, 0.717) is 23.8 Å². The molecule has 1 unspecified atom stereocenters. The molecular formula is C18H27N3O2. The number of benzene rings is 1. The summed E-state index contributed by atoms with van der Waals surface area (Å²) in [4.78, 5) is 25.7. The van der Waals surface area contributed by atoms with E-state index < -0.39 is 0 Å². The van der Waals surface area contributed by atoms with E-state index in [1.807, 2.05) is 0 Å². The first-order chi connectivity index (χ1) is 11.1. The van der Waals surface area contributed by atoms with Gasteiger partial charge < -0.3 is 15.5 Å². The molecule has 5 heteroatoms. The Balaban J connectivity index is 1.69. The fourth-order valence-corrected chi connectivity index (χ4v) is 2.97. The molecule has 0 spiro atoms. The molecule has 1 aromatic carbocycles. The number of ketones is 1. The Morgan fingerprint density at radius 3 is 2.87 bits per heavy atom. The van der Waals surface area contributed by atoms with Gasteiger partial charge in [-0.05, 0) is 51.8 Å². The van der Waals surface area contributed by atoms with Crippen molar-refractivity contribution < 1.29 is 9.59 Å². The number of likely N-dealkylation sites (tertiary alicyclic amines) is 1. The Labute approximate surface area is 138 Å². The fourth-order valence-electron chi connectivity index (χ4n) is 2.97. The van der Waals surface area contributed by atoms with Crippen LogP contribution in [0, 0.1) is 0 Å². The molecule has 0 saturated carbocycles. The SMILES string of the molecule is CC(=O)c1cccc(NC(=O)NCCCN2CCCCC2C)c1. The van der Waals surface area contributed by atoms with Crippen LogP contribution in [0.4, 0.5) is 10.5 Å². The molecule has 1 saturated heterocycles. The highest BCUT2D eigenvalue weighted by molar-refractivity contribution is 5.96. The smallest absolute Gasteiger partial charge is 0.319 e. The van der Waals surface area contributed by atoms with Crippen LogP contribution in [0.2, 0.25) is 0 Å². The highest BCUT2D eigenvalue weighted by Gasteiger charge is 2.17. The number of Topliss-reactive ketones (excluding diaryl/α,β-unsaturated/α-hetero) is 1. The van der Waals surface area contributed by atoms with Crippen LogP contribution in [-0.4, -0.2) is 42.4 Å². The number of carbonyl (C=O) groups is 2. The molecule has 5 nitrogen and oxygen atoms in total. The van der Waals surface area contributed by atoms with Gasteiger partial charge in [-0.1, -0.05) is 18.6 Å². The van der Waals surface area contributed by atoms with E-state index in [1.165, 1.54) is 32.7 Å². The van der Waals surface area contributed by atoms with E-state index in [-0.39, 0.29) is 11.8 Å². The second-order valence-corrected chi connectivity index (χ2v) is 6.25. The maximum absolute atomic E-state index is 11.9. The van der Waals surface area contributed by atoms with E-state index in [0.717, 1.165) is 13.0 Å². The monoisotopic (exact) mass is 317 g/mol. The Kier molecular flexibility index (Phi) is 6.59. The van der Waals surface area contributed by atoms with Crippen LogP contribution in [0.3, 0.4) is 0 Å². The largest absolute Gasteiger partial charge is 0.338 e. The molecule has 0 aromatic heterocycles. The van der Waals surface area contributed by atoms with Gasteiger partial charge in [-0.25, -0.2) is 4.79 Å². The molecule has 23 heavy (non-hydrogen) atoms. The standard InChI is InChI=1S/C18H27N3O2/c1-14-7-3-4-11-21(14)12-6-10-19-18(23)20-17-9-5-8-16(13-17)15(2)22/h5,8-9,13-14H,3-4,6-7,10-12H2,1-2H3,(H2,19,20,23). The zero-order valence-electron chi connectivity index (χ0n) is 14.1. The van der Waals surface area contributed by atoms with E-state index in [2.05, 4.69) is 22.5 Å². The minimum Gasteiger partial charge on any atom is -0.338 e. The zero-order valence-corrected chi connectivity index (χ0v) is 14.1. The number of piperidine rings is 1. The molecule has 1 atom stereocenters. The van der Waals surface area contributed by atoms with Crippen molar-refractivity contribution in [3.63, 3.8) is 0 Å². The van der Waals surface area contributed by atoms with Crippen molar-refractivity contribution in [3.05, 3.63) is 29.8 Å². The predicted octanol–water partition coefficient (Wildman–Crippen LogP) is 3.28. The quantitative estimate of drug-likeness (QED) is 0.625. The summed E-state index contributed by atoms with van der Waals surface area (Å²) in [7, 11) is 0. The molecule has 2 N–H and O–H groups in total. The summed E-state index contributed by atoms with van der Waals surface area (Å²) in [5, 5.41) is 5.64. The molecule has 1 aromatic rings. The van der Waals surface area contributed by atoms with Crippen LogP contribution in [-0.2, 0) is 0 Å². The van der Waals surface area contributed by atoms with Crippen LogP contribution < -0.4 is 10.6 Å². The summed E-state index contributed by atoms with van der Waals surface area (Å²) in [5.74, 6) is -0.00953. The lowest BCUT2D eigenvalue weighted by molar-refractivity contribution is 0.101. The Bertz CT molecular complexity index is 545. The molecule has 0 radical (unpaired) electrons. The van der Waals surface area contributed by atoms with E-state index >= 15 is 0 Å². The lowest BCUT2D eigenvalue weighted by Gasteiger charge is -2.33. The number of rotatable bonds is 6. The van der Waals surface area contributed by atoms with Gasteiger partial charge in [0.15, 0.2) is 5.78 Å². The number of nitrogens with one attached hydrogen (secondary N) is 2. The van der Waals surface area contributed by atoms with Crippen molar-refractivity contribution in [1.82, 2.24) is 10.2 Å². The maximum Gasteiger partial charge on any atom is 0.319 e. The van der Waals surface area contributed by atoms with Gasteiger partial charge in [0, 0.05) is 30.4 Å². The first kappa shape index (κ1) is 17.5. The summed E-state index contributed by atoms with van der Waals surface area (Å²) < 4.78 is 0. The number of urea groups is 1. The minimum atomic E-state index is -0.225.